The van der Waals surface area contributed by atoms with E-state index in [0.29, 0.717) is 32.5 Å². The first-order valence-electron chi connectivity index (χ1n) is 18.3. The number of thiazole rings is 2. The Kier molecular flexibility index (Phi) is 12.0. The first-order valence-corrected chi connectivity index (χ1v) is 20.0. The highest BCUT2D eigenvalue weighted by molar-refractivity contribution is 7.14. The van der Waals surface area contributed by atoms with Crippen LogP contribution in [-0.4, -0.2) is 72.1 Å². The summed E-state index contributed by atoms with van der Waals surface area (Å²) in [5.74, 6) is -0.670. The second-order valence-corrected chi connectivity index (χ2v) is 15.6. The van der Waals surface area contributed by atoms with Crippen LogP contribution in [0.2, 0.25) is 0 Å². The van der Waals surface area contributed by atoms with Gasteiger partial charge < -0.3 is 20.0 Å². The van der Waals surface area contributed by atoms with Gasteiger partial charge in [0.25, 0.3) is 11.8 Å². The zero-order valence-corrected chi connectivity index (χ0v) is 32.5. The predicted molar refractivity (Wildman–Crippen MR) is 219 cm³/mol. The topological polar surface area (TPSA) is 148 Å². The fourth-order valence-electron chi connectivity index (χ4n) is 6.99. The molecule has 0 bridgehead atoms. The van der Waals surface area contributed by atoms with Crippen molar-refractivity contribution in [3.05, 3.63) is 165 Å². The molecule has 0 spiro atoms. The summed E-state index contributed by atoms with van der Waals surface area (Å²) < 4.78 is 0. The molecule has 1 aliphatic heterocycles. The summed E-state index contributed by atoms with van der Waals surface area (Å²) in [5.41, 5.74) is 5.49. The molecule has 0 radical (unpaired) electrons. The number of benzene rings is 4. The lowest BCUT2D eigenvalue weighted by atomic mass is 9.90. The monoisotopic (exact) mass is 786 g/mol. The molecule has 4 N–H and O–H groups in total. The predicted octanol–water partition coefficient (Wildman–Crippen LogP) is 7.10. The third-order valence-electron chi connectivity index (χ3n) is 9.77. The summed E-state index contributed by atoms with van der Waals surface area (Å²) in [6.45, 7) is 3.80. The van der Waals surface area contributed by atoms with E-state index in [2.05, 4.69) is 20.6 Å². The smallest absolute Gasteiger partial charge is 0.321 e. The van der Waals surface area contributed by atoms with Gasteiger partial charge in [-0.2, -0.15) is 0 Å². The summed E-state index contributed by atoms with van der Waals surface area (Å²) >= 11 is 2.67. The second-order valence-electron chi connectivity index (χ2n) is 13.9. The number of hydrogen-bond acceptors (Lipinski definition) is 9. The van der Waals surface area contributed by atoms with Crippen molar-refractivity contribution in [2.75, 3.05) is 10.6 Å². The van der Waals surface area contributed by atoms with Crippen LogP contribution in [0.4, 0.5) is 15.1 Å². The SMILES string of the molecule is Cc1csc(NC(=O)c2cccc(CN3C(=O)N(Cc4cccc(C(=O)Nc5nc(C)cs5)c4)[C@H](Cc4ccccc4)[C@H](O)[C@@H](O)[C@H]3Cc3ccccc3)c2)n1. The van der Waals surface area contributed by atoms with Gasteiger partial charge >= 0.3 is 6.03 Å². The number of anilines is 2. The maximum atomic E-state index is 15.2. The van der Waals surface area contributed by atoms with Gasteiger partial charge in [0.15, 0.2) is 10.3 Å². The van der Waals surface area contributed by atoms with Crippen molar-refractivity contribution in [1.29, 1.82) is 0 Å². The van der Waals surface area contributed by atoms with Crippen LogP contribution in [0.5, 0.6) is 0 Å². The number of carbonyl (C=O) groups is 3. The highest BCUT2D eigenvalue weighted by Gasteiger charge is 2.46. The molecule has 0 saturated carbocycles. The molecular formula is C43H42N6O5S2. The molecule has 13 heteroatoms. The maximum absolute atomic E-state index is 15.2. The number of aliphatic hydroxyl groups excluding tert-OH is 2. The molecule has 1 saturated heterocycles. The number of amides is 4. The van der Waals surface area contributed by atoms with E-state index < -0.39 is 30.3 Å². The fraction of sp³-hybridized carbons (Fsp3) is 0.233. The third kappa shape index (κ3) is 9.20. The first-order chi connectivity index (χ1) is 27.1. The Morgan fingerprint density at radius 3 is 1.38 bits per heavy atom. The van der Waals surface area contributed by atoms with Gasteiger partial charge in [-0.15, -0.1) is 22.7 Å². The van der Waals surface area contributed by atoms with Gasteiger partial charge in [-0.3, -0.25) is 20.2 Å². The van der Waals surface area contributed by atoms with E-state index in [0.717, 1.165) is 22.5 Å². The minimum Gasteiger partial charge on any atom is -0.388 e. The number of urea groups is 1. The number of nitrogens with one attached hydrogen (secondary N) is 2. The van der Waals surface area contributed by atoms with Gasteiger partial charge in [0.2, 0.25) is 0 Å². The van der Waals surface area contributed by atoms with Crippen LogP contribution in [0.3, 0.4) is 0 Å². The molecule has 0 unspecified atom stereocenters. The number of aryl methyl sites for hydroxylation is 2. The van der Waals surface area contributed by atoms with Crippen molar-refractivity contribution < 1.29 is 24.6 Å². The Labute approximate surface area is 333 Å². The van der Waals surface area contributed by atoms with Crippen LogP contribution in [0.15, 0.2) is 120 Å². The summed E-state index contributed by atoms with van der Waals surface area (Å²) in [5, 5.41) is 34.7. The molecule has 286 valence electrons. The van der Waals surface area contributed by atoms with Gasteiger partial charge in [-0.25, -0.2) is 14.8 Å². The van der Waals surface area contributed by atoms with E-state index in [9.17, 15) is 19.8 Å². The van der Waals surface area contributed by atoms with E-state index in [1.54, 1.807) is 46.2 Å². The Morgan fingerprint density at radius 2 is 1.00 bits per heavy atom. The maximum Gasteiger partial charge on any atom is 0.321 e. The summed E-state index contributed by atoms with van der Waals surface area (Å²) in [6, 6.07) is 31.1. The van der Waals surface area contributed by atoms with Crippen molar-refractivity contribution in [3.8, 4) is 0 Å². The van der Waals surface area contributed by atoms with Crippen LogP contribution in [0, 0.1) is 13.8 Å². The number of nitrogens with zero attached hydrogens (tertiary/aromatic N) is 4. The molecular weight excluding hydrogens is 745 g/mol. The van der Waals surface area contributed by atoms with E-state index >= 15 is 4.79 Å². The van der Waals surface area contributed by atoms with E-state index in [1.165, 1.54) is 22.7 Å². The summed E-state index contributed by atoms with van der Waals surface area (Å²) in [4.78, 5) is 53.7. The summed E-state index contributed by atoms with van der Waals surface area (Å²) in [6.07, 6.45) is -2.13. The standard InChI is InChI=1S/C43H42N6O5S2/c1-27-25-55-41(44-27)46-39(52)33-17-9-15-31(19-33)23-48-35(21-29-11-5-3-6-12-29)37(50)38(51)36(22-30-13-7-4-8-14-30)49(43(48)54)24-32-16-10-18-34(20-32)40(53)47-42-45-28(2)26-56-42/h3-20,25-26,35-38,50-51H,21-24H2,1-2H3,(H,44,46,52)(H,45,47,53)/t35-,36-,37+,38+/m1/s1. The van der Waals surface area contributed by atoms with E-state index in [1.807, 2.05) is 97.4 Å². The average Bonchev–Trinajstić information content (AvgIpc) is 3.82. The van der Waals surface area contributed by atoms with Crippen LogP contribution in [0.25, 0.3) is 0 Å². The Morgan fingerprint density at radius 1 is 0.607 bits per heavy atom. The lowest BCUT2D eigenvalue weighted by molar-refractivity contribution is -0.0408. The molecule has 4 aromatic carbocycles. The normalized spacial score (nSPS) is 18.4. The quantitative estimate of drug-likeness (QED) is 0.103. The Balaban J connectivity index is 1.25. The van der Waals surface area contributed by atoms with Gasteiger partial charge in [0, 0.05) is 35.0 Å². The molecule has 3 heterocycles. The lowest BCUT2D eigenvalue weighted by Crippen LogP contribution is -2.50. The number of aliphatic hydroxyl groups is 2. The molecule has 4 atom stereocenters. The van der Waals surface area contributed by atoms with Crippen LogP contribution < -0.4 is 10.6 Å². The number of rotatable bonds is 12. The van der Waals surface area contributed by atoms with Gasteiger partial charge in [0.1, 0.15) is 12.2 Å². The van der Waals surface area contributed by atoms with Gasteiger partial charge in [-0.1, -0.05) is 84.9 Å². The molecule has 6 aromatic rings. The zero-order chi connectivity index (χ0) is 39.2. The van der Waals surface area contributed by atoms with Crippen LogP contribution in [0.1, 0.15) is 54.4 Å². The van der Waals surface area contributed by atoms with Crippen molar-refractivity contribution in [2.24, 2.45) is 0 Å². The molecule has 4 amide bonds. The zero-order valence-electron chi connectivity index (χ0n) is 30.9. The van der Waals surface area contributed by atoms with Crippen molar-refractivity contribution in [3.63, 3.8) is 0 Å². The van der Waals surface area contributed by atoms with Gasteiger partial charge in [0.05, 0.1) is 23.5 Å². The molecule has 1 aliphatic rings. The molecule has 1 fully saturated rings. The molecule has 0 aliphatic carbocycles. The Hall–Kier alpha value is -5.73. The highest BCUT2D eigenvalue weighted by atomic mass is 32.1. The fourth-order valence-corrected chi connectivity index (χ4v) is 8.36. The molecule has 11 nitrogen and oxygen atoms in total. The molecule has 56 heavy (non-hydrogen) atoms. The lowest BCUT2D eigenvalue weighted by Gasteiger charge is -2.36. The van der Waals surface area contributed by atoms with E-state index in [4.69, 9.17) is 0 Å². The second kappa shape index (κ2) is 17.4. The molecule has 2 aromatic heterocycles. The van der Waals surface area contributed by atoms with Crippen molar-refractivity contribution in [2.45, 2.75) is 64.1 Å². The van der Waals surface area contributed by atoms with Crippen molar-refractivity contribution >= 4 is 50.8 Å². The van der Waals surface area contributed by atoms with Gasteiger partial charge in [-0.05, 0) is 73.2 Å². The number of aromatic nitrogens is 2. The van der Waals surface area contributed by atoms with E-state index in [-0.39, 0.29) is 37.7 Å². The van der Waals surface area contributed by atoms with Crippen LogP contribution in [-0.2, 0) is 25.9 Å². The largest absolute Gasteiger partial charge is 0.388 e. The average molecular weight is 787 g/mol. The number of carbonyl (C=O) groups excluding carboxylic acids is 3. The highest BCUT2D eigenvalue weighted by Crippen LogP contribution is 2.31. The minimum atomic E-state index is -1.34. The summed E-state index contributed by atoms with van der Waals surface area (Å²) in [7, 11) is 0. The van der Waals surface area contributed by atoms with Crippen LogP contribution >= 0.6 is 22.7 Å². The molecule has 7 rings (SSSR count). The number of hydrogen-bond donors (Lipinski definition) is 4. The third-order valence-corrected chi connectivity index (χ3v) is 11.5. The Bertz CT molecular complexity index is 2140. The van der Waals surface area contributed by atoms with Crippen molar-refractivity contribution in [1.82, 2.24) is 19.8 Å². The minimum absolute atomic E-state index is 0.0435. The first kappa shape index (κ1) is 38.5.